The molecular formula is C32H52O3. The summed E-state index contributed by atoms with van der Waals surface area (Å²) in [7, 11) is 1.56. The van der Waals surface area contributed by atoms with Crippen molar-refractivity contribution < 1.29 is 14.6 Å². The number of methoxy groups -OCH3 is 1. The Morgan fingerprint density at radius 1 is 1.03 bits per heavy atom. The van der Waals surface area contributed by atoms with Crippen LogP contribution in [-0.4, -0.2) is 24.3 Å². The largest absolute Gasteiger partial charge is 0.469 e. The molecule has 198 valence electrons. The Bertz CT molecular complexity index is 896. The minimum Gasteiger partial charge on any atom is -0.469 e. The standard InChI is InChI=1S/C32H52O3/c1-20(2)21(3)10-11-22(28(34)35-9)23-14-18-32(8)25-12-13-26-29(4,5)27(33)16-17-30(26,6)24(25)15-19-31(23,32)7/h20,22-23,26-27,33H,3,10-19H2,1-2,4-9H3/t22-,23-,26-,27+,30-,31-,32+/m1/s1. The highest BCUT2D eigenvalue weighted by molar-refractivity contribution is 5.73. The van der Waals surface area contributed by atoms with Crippen LogP contribution in [0.1, 0.15) is 113 Å². The molecule has 3 nitrogen and oxygen atoms in total. The normalized spacial score (nSPS) is 41.1. The van der Waals surface area contributed by atoms with Gasteiger partial charge >= 0.3 is 5.97 Å². The van der Waals surface area contributed by atoms with Crippen molar-refractivity contribution in [3.8, 4) is 0 Å². The Balaban J connectivity index is 1.68. The molecule has 0 bridgehead atoms. The highest BCUT2D eigenvalue weighted by Crippen LogP contribution is 2.72. The maximum absolute atomic E-state index is 13.1. The number of allylic oxidation sites excluding steroid dienone is 3. The summed E-state index contributed by atoms with van der Waals surface area (Å²) in [4.78, 5) is 13.1. The molecular weight excluding hydrogens is 432 g/mol. The van der Waals surface area contributed by atoms with Crippen LogP contribution < -0.4 is 0 Å². The van der Waals surface area contributed by atoms with Crippen molar-refractivity contribution in [1.82, 2.24) is 0 Å². The summed E-state index contributed by atoms with van der Waals surface area (Å²) >= 11 is 0. The van der Waals surface area contributed by atoms with Gasteiger partial charge in [0.1, 0.15) is 0 Å². The van der Waals surface area contributed by atoms with Crippen molar-refractivity contribution in [3.05, 3.63) is 23.3 Å². The van der Waals surface area contributed by atoms with Gasteiger partial charge in [-0.25, -0.2) is 0 Å². The van der Waals surface area contributed by atoms with Crippen LogP contribution in [0.15, 0.2) is 23.3 Å². The number of rotatable bonds is 6. The summed E-state index contributed by atoms with van der Waals surface area (Å²) in [6.07, 6.45) is 10.6. The molecule has 35 heavy (non-hydrogen) atoms. The van der Waals surface area contributed by atoms with Crippen LogP contribution >= 0.6 is 0 Å². The topological polar surface area (TPSA) is 46.5 Å². The first kappa shape index (κ1) is 27.0. The summed E-state index contributed by atoms with van der Waals surface area (Å²) < 4.78 is 5.40. The molecule has 0 aromatic rings. The Labute approximate surface area is 215 Å². The first-order valence-electron chi connectivity index (χ1n) is 14.4. The van der Waals surface area contributed by atoms with Crippen LogP contribution in [0.4, 0.5) is 0 Å². The number of carbonyl (C=O) groups is 1. The van der Waals surface area contributed by atoms with Gasteiger partial charge in [0.25, 0.3) is 0 Å². The van der Waals surface area contributed by atoms with Crippen LogP contribution in [0, 0.1) is 45.3 Å². The zero-order valence-electron chi connectivity index (χ0n) is 23.9. The summed E-state index contributed by atoms with van der Waals surface area (Å²) in [6.45, 7) is 20.8. The highest BCUT2D eigenvalue weighted by Gasteiger charge is 2.64. The van der Waals surface area contributed by atoms with E-state index in [9.17, 15) is 9.90 Å². The molecule has 4 rings (SSSR count). The molecule has 0 saturated heterocycles. The van der Waals surface area contributed by atoms with E-state index in [1.54, 1.807) is 18.3 Å². The van der Waals surface area contributed by atoms with Crippen LogP contribution in [0.5, 0.6) is 0 Å². The highest BCUT2D eigenvalue weighted by atomic mass is 16.5. The summed E-state index contributed by atoms with van der Waals surface area (Å²) in [5, 5.41) is 10.9. The molecule has 0 radical (unpaired) electrons. The van der Waals surface area contributed by atoms with Crippen LogP contribution in [0.25, 0.3) is 0 Å². The van der Waals surface area contributed by atoms with Crippen molar-refractivity contribution >= 4 is 5.97 Å². The van der Waals surface area contributed by atoms with E-state index in [4.69, 9.17) is 4.74 Å². The Hall–Kier alpha value is -1.09. The maximum Gasteiger partial charge on any atom is 0.308 e. The van der Waals surface area contributed by atoms with Gasteiger partial charge in [0.15, 0.2) is 0 Å². The molecule has 0 aromatic heterocycles. The van der Waals surface area contributed by atoms with Crippen molar-refractivity contribution in [3.63, 3.8) is 0 Å². The third-order valence-electron chi connectivity index (χ3n) is 12.4. The predicted octanol–water partition coefficient (Wildman–Crippen LogP) is 7.88. The third kappa shape index (κ3) is 3.89. The molecule has 0 aliphatic heterocycles. The molecule has 4 aliphatic carbocycles. The molecule has 2 saturated carbocycles. The average molecular weight is 485 g/mol. The number of hydrogen-bond donors (Lipinski definition) is 1. The van der Waals surface area contributed by atoms with E-state index in [1.165, 1.54) is 18.4 Å². The second-order valence-electron chi connectivity index (χ2n) is 14.2. The van der Waals surface area contributed by atoms with E-state index in [0.29, 0.717) is 17.8 Å². The van der Waals surface area contributed by atoms with Crippen molar-refractivity contribution in [2.24, 2.45) is 45.3 Å². The zero-order chi connectivity index (χ0) is 26.0. The van der Waals surface area contributed by atoms with Gasteiger partial charge in [-0.1, -0.05) is 71.8 Å². The molecule has 3 heteroatoms. The van der Waals surface area contributed by atoms with E-state index in [-0.39, 0.29) is 39.7 Å². The van der Waals surface area contributed by atoms with E-state index < -0.39 is 0 Å². The fourth-order valence-corrected chi connectivity index (χ4v) is 9.63. The van der Waals surface area contributed by atoms with Crippen LogP contribution in [0.3, 0.4) is 0 Å². The lowest BCUT2D eigenvalue weighted by Crippen LogP contribution is -2.55. The van der Waals surface area contributed by atoms with Gasteiger partial charge in [0.05, 0.1) is 19.1 Å². The summed E-state index contributed by atoms with van der Waals surface area (Å²) in [5.41, 5.74) is 5.16. The lowest BCUT2D eigenvalue weighted by atomic mass is 9.43. The van der Waals surface area contributed by atoms with Gasteiger partial charge in [-0.2, -0.15) is 0 Å². The first-order chi connectivity index (χ1) is 16.2. The fourth-order valence-electron chi connectivity index (χ4n) is 9.63. The molecule has 7 atom stereocenters. The van der Waals surface area contributed by atoms with E-state index in [0.717, 1.165) is 51.4 Å². The monoisotopic (exact) mass is 484 g/mol. The molecule has 2 fully saturated rings. The molecule has 0 spiro atoms. The number of fused-ring (bicyclic) bond motifs is 4. The number of aliphatic hydroxyl groups is 1. The van der Waals surface area contributed by atoms with E-state index in [1.807, 2.05) is 0 Å². The Morgan fingerprint density at radius 3 is 2.34 bits per heavy atom. The Kier molecular flexibility index (Phi) is 6.96. The lowest BCUT2D eigenvalue weighted by Gasteiger charge is -2.62. The summed E-state index contributed by atoms with van der Waals surface area (Å²) in [5.74, 6) is 1.31. The lowest BCUT2D eigenvalue weighted by molar-refractivity contribution is -0.150. The molecule has 0 unspecified atom stereocenters. The third-order valence-corrected chi connectivity index (χ3v) is 12.4. The van der Waals surface area contributed by atoms with Gasteiger partial charge < -0.3 is 9.84 Å². The van der Waals surface area contributed by atoms with Gasteiger partial charge in [-0.05, 0) is 104 Å². The minimum absolute atomic E-state index is 0.0181. The number of hydrogen-bond acceptors (Lipinski definition) is 3. The van der Waals surface area contributed by atoms with Crippen molar-refractivity contribution in [2.75, 3.05) is 7.11 Å². The molecule has 4 aliphatic rings. The zero-order valence-corrected chi connectivity index (χ0v) is 23.9. The van der Waals surface area contributed by atoms with Gasteiger partial charge in [-0.3, -0.25) is 4.79 Å². The first-order valence-corrected chi connectivity index (χ1v) is 14.4. The maximum atomic E-state index is 13.1. The SMILES string of the molecule is C=C(CC[C@@H](C(=O)OC)[C@H]1CC[C@@]2(C)C3=C(CC[C@]12C)[C@@]1(C)CC[C@H](O)C(C)(C)[C@H]1CC3)C(C)C. The van der Waals surface area contributed by atoms with Gasteiger partial charge in [0, 0.05) is 0 Å². The predicted molar refractivity (Wildman–Crippen MR) is 144 cm³/mol. The number of carbonyl (C=O) groups excluding carboxylic acids is 1. The fraction of sp³-hybridized carbons (Fsp3) is 0.844. The molecule has 1 N–H and O–H groups in total. The van der Waals surface area contributed by atoms with Crippen LogP contribution in [0.2, 0.25) is 0 Å². The van der Waals surface area contributed by atoms with Crippen molar-refractivity contribution in [2.45, 2.75) is 119 Å². The number of ether oxygens (including phenoxy) is 1. The second-order valence-corrected chi connectivity index (χ2v) is 14.2. The average Bonchev–Trinajstić information content (AvgIpc) is 3.08. The van der Waals surface area contributed by atoms with Crippen molar-refractivity contribution in [1.29, 1.82) is 0 Å². The summed E-state index contributed by atoms with van der Waals surface area (Å²) in [6, 6.07) is 0. The smallest absolute Gasteiger partial charge is 0.308 e. The molecule has 0 amide bonds. The van der Waals surface area contributed by atoms with E-state index >= 15 is 0 Å². The molecule has 0 heterocycles. The quantitative estimate of drug-likeness (QED) is 0.308. The number of esters is 1. The van der Waals surface area contributed by atoms with Gasteiger partial charge in [-0.15, -0.1) is 0 Å². The van der Waals surface area contributed by atoms with E-state index in [2.05, 4.69) is 55.0 Å². The van der Waals surface area contributed by atoms with Crippen LogP contribution in [-0.2, 0) is 9.53 Å². The Morgan fingerprint density at radius 2 is 1.71 bits per heavy atom. The number of aliphatic hydroxyl groups excluding tert-OH is 1. The minimum atomic E-state index is -0.190. The molecule has 0 aromatic carbocycles. The van der Waals surface area contributed by atoms with Gasteiger partial charge in [0.2, 0.25) is 0 Å². The second kappa shape index (κ2) is 9.03.